The molecule has 1 fully saturated rings. The molecule has 3 amide bonds. The zero-order valence-corrected chi connectivity index (χ0v) is 23.2. The third-order valence-corrected chi connectivity index (χ3v) is 8.80. The molecule has 2 atom stereocenters. The van der Waals surface area contributed by atoms with E-state index in [-0.39, 0.29) is 34.9 Å². The highest BCUT2D eigenvalue weighted by Crippen LogP contribution is 2.61. The maximum Gasteiger partial charge on any atom is 0.340 e. The van der Waals surface area contributed by atoms with E-state index in [1.807, 2.05) is 48.5 Å². The summed E-state index contributed by atoms with van der Waals surface area (Å²) >= 11 is 3.34. The van der Waals surface area contributed by atoms with Gasteiger partial charge >= 0.3 is 5.97 Å². The maximum absolute atomic E-state index is 14.1. The van der Waals surface area contributed by atoms with Crippen LogP contribution in [-0.4, -0.2) is 30.3 Å². The van der Waals surface area contributed by atoms with E-state index in [0.29, 0.717) is 5.69 Å². The van der Waals surface area contributed by atoms with Gasteiger partial charge in [-0.15, -0.1) is 0 Å². The number of amides is 3. The molecule has 1 saturated heterocycles. The smallest absolute Gasteiger partial charge is 0.340 e. The lowest BCUT2D eigenvalue weighted by molar-refractivity contribution is -0.122. The molecule has 4 aromatic carbocycles. The molecule has 3 aliphatic carbocycles. The average molecular weight is 607 g/mol. The first kappa shape index (κ1) is 25.4. The Balaban J connectivity index is 1.18. The fourth-order valence-corrected chi connectivity index (χ4v) is 6.96. The van der Waals surface area contributed by atoms with Gasteiger partial charge in [-0.2, -0.15) is 0 Å². The van der Waals surface area contributed by atoms with Gasteiger partial charge < -0.3 is 10.1 Å². The minimum Gasteiger partial charge on any atom is -0.452 e. The SMILES string of the molecule is O=C(COC(=O)c1ccccc1N1C(=O)[C@H]2C3c4ccccc4C(c4ccccc43)[C@@H]2C1=O)Nc1ccc(Br)cc1. The summed E-state index contributed by atoms with van der Waals surface area (Å²) in [6.45, 7) is -0.523. The number of carbonyl (C=O) groups excluding carboxylic acids is 4. The molecule has 8 heteroatoms. The number of carbonyl (C=O) groups is 4. The molecule has 7 nitrogen and oxygen atoms in total. The summed E-state index contributed by atoms with van der Waals surface area (Å²) in [5.41, 5.74) is 5.07. The van der Waals surface area contributed by atoms with E-state index in [1.54, 1.807) is 42.5 Å². The van der Waals surface area contributed by atoms with Gasteiger partial charge in [0.25, 0.3) is 5.91 Å². The predicted octanol–water partition coefficient (Wildman–Crippen LogP) is 5.64. The lowest BCUT2D eigenvalue weighted by Crippen LogP contribution is -2.41. The van der Waals surface area contributed by atoms with Crippen molar-refractivity contribution in [2.75, 3.05) is 16.8 Å². The lowest BCUT2D eigenvalue weighted by atomic mass is 9.55. The Morgan fingerprint density at radius 2 is 1.20 bits per heavy atom. The monoisotopic (exact) mass is 606 g/mol. The van der Waals surface area contributed by atoms with Gasteiger partial charge in [-0.3, -0.25) is 14.4 Å². The van der Waals surface area contributed by atoms with Gasteiger partial charge in [0.2, 0.25) is 11.8 Å². The number of halogens is 1. The normalized spacial score (nSPS) is 21.6. The summed E-state index contributed by atoms with van der Waals surface area (Å²) in [7, 11) is 0. The summed E-state index contributed by atoms with van der Waals surface area (Å²) < 4.78 is 6.19. The minimum atomic E-state index is -0.795. The standard InChI is InChI=1S/C33H23BrN2O5/c34-18-13-15-19(16-14-18)35-26(37)17-41-33(40)24-11-5-6-12-25(24)36-31(38)29-27-20-7-1-2-8-21(20)28(30(29)32(36)39)23-10-4-3-9-22(23)27/h1-16,27-30H,17H2,(H,35,37)/t27?,28?,29-,30-/m0/s1. The first-order valence-electron chi connectivity index (χ1n) is 13.3. The van der Waals surface area contributed by atoms with Crippen LogP contribution < -0.4 is 10.2 Å². The second kappa shape index (κ2) is 9.82. The topological polar surface area (TPSA) is 92.8 Å². The molecule has 8 rings (SSSR count). The zero-order valence-electron chi connectivity index (χ0n) is 21.6. The van der Waals surface area contributed by atoms with Crippen molar-refractivity contribution in [2.45, 2.75) is 11.8 Å². The molecule has 0 aromatic heterocycles. The first-order valence-corrected chi connectivity index (χ1v) is 14.1. The molecule has 4 aromatic rings. The van der Waals surface area contributed by atoms with Gasteiger partial charge in [-0.05, 0) is 58.7 Å². The summed E-state index contributed by atoms with van der Waals surface area (Å²) in [5, 5.41) is 2.67. The van der Waals surface area contributed by atoms with Gasteiger partial charge in [0.1, 0.15) is 0 Å². The van der Waals surface area contributed by atoms with Crippen LogP contribution in [0.25, 0.3) is 0 Å². The van der Waals surface area contributed by atoms with E-state index in [1.165, 1.54) is 6.07 Å². The van der Waals surface area contributed by atoms with Crippen LogP contribution in [0.5, 0.6) is 0 Å². The third kappa shape index (κ3) is 4.01. The summed E-state index contributed by atoms with van der Waals surface area (Å²) in [6, 6.07) is 29.4. The number of rotatable bonds is 5. The number of benzene rings is 4. The Morgan fingerprint density at radius 3 is 1.73 bits per heavy atom. The van der Waals surface area contributed by atoms with E-state index in [4.69, 9.17) is 4.74 Å². The molecule has 41 heavy (non-hydrogen) atoms. The van der Waals surface area contributed by atoms with Crippen molar-refractivity contribution in [1.82, 2.24) is 0 Å². The van der Waals surface area contributed by atoms with Crippen molar-refractivity contribution < 1.29 is 23.9 Å². The number of anilines is 2. The Labute approximate surface area is 244 Å². The number of imide groups is 1. The number of esters is 1. The van der Waals surface area contributed by atoms with Gasteiger partial charge in [-0.25, -0.2) is 9.69 Å². The van der Waals surface area contributed by atoms with Gasteiger partial charge in [0.05, 0.1) is 23.1 Å². The van der Waals surface area contributed by atoms with Crippen molar-refractivity contribution in [1.29, 1.82) is 0 Å². The minimum absolute atomic E-state index is 0.0478. The molecule has 0 radical (unpaired) electrons. The van der Waals surface area contributed by atoms with E-state index < -0.39 is 30.3 Å². The number of para-hydroxylation sites is 1. The lowest BCUT2D eigenvalue weighted by Gasteiger charge is -2.45. The van der Waals surface area contributed by atoms with E-state index in [2.05, 4.69) is 21.2 Å². The molecule has 1 aliphatic heterocycles. The van der Waals surface area contributed by atoms with Gasteiger partial charge in [0.15, 0.2) is 6.61 Å². The number of nitrogens with zero attached hydrogens (tertiary/aromatic N) is 1. The first-order chi connectivity index (χ1) is 19.9. The number of hydrogen-bond acceptors (Lipinski definition) is 5. The quantitative estimate of drug-likeness (QED) is 0.234. The molecule has 0 saturated carbocycles. The third-order valence-electron chi connectivity index (χ3n) is 8.28. The molecular weight excluding hydrogens is 584 g/mol. The van der Waals surface area contributed by atoms with Crippen LogP contribution in [0.1, 0.15) is 44.4 Å². The highest BCUT2D eigenvalue weighted by molar-refractivity contribution is 9.10. The predicted molar refractivity (Wildman–Crippen MR) is 156 cm³/mol. The molecule has 0 spiro atoms. The van der Waals surface area contributed by atoms with Crippen molar-refractivity contribution in [2.24, 2.45) is 11.8 Å². The maximum atomic E-state index is 14.1. The van der Waals surface area contributed by atoms with Crippen LogP contribution >= 0.6 is 15.9 Å². The Morgan fingerprint density at radius 1 is 0.707 bits per heavy atom. The fourth-order valence-electron chi connectivity index (χ4n) is 6.70. The van der Waals surface area contributed by atoms with Crippen LogP contribution in [0.15, 0.2) is 102 Å². The summed E-state index contributed by atoms with van der Waals surface area (Å²) in [6.07, 6.45) is 0. The van der Waals surface area contributed by atoms with Gasteiger partial charge in [0, 0.05) is 22.0 Å². The average Bonchev–Trinajstić information content (AvgIpc) is 3.27. The van der Waals surface area contributed by atoms with Crippen molar-refractivity contribution in [3.05, 3.63) is 129 Å². The van der Waals surface area contributed by atoms with Gasteiger partial charge in [-0.1, -0.05) is 76.6 Å². The number of hydrogen-bond donors (Lipinski definition) is 1. The number of nitrogens with one attached hydrogen (secondary N) is 1. The van der Waals surface area contributed by atoms with Crippen LogP contribution in [0, 0.1) is 11.8 Å². The van der Waals surface area contributed by atoms with Crippen LogP contribution in [-0.2, 0) is 19.1 Å². The Bertz CT molecular complexity index is 1640. The van der Waals surface area contributed by atoms with Crippen molar-refractivity contribution in [3.63, 3.8) is 0 Å². The van der Waals surface area contributed by atoms with Crippen LogP contribution in [0.4, 0.5) is 11.4 Å². The summed E-state index contributed by atoms with van der Waals surface area (Å²) in [5.74, 6) is -3.60. The fraction of sp³-hybridized carbons (Fsp3) is 0.152. The molecule has 1 N–H and O–H groups in total. The molecule has 0 unspecified atom stereocenters. The number of ether oxygens (including phenoxy) is 1. The molecule has 1 heterocycles. The molecule has 2 bridgehead atoms. The highest BCUT2D eigenvalue weighted by atomic mass is 79.9. The van der Waals surface area contributed by atoms with Crippen molar-refractivity contribution in [3.8, 4) is 0 Å². The molecular formula is C33H23BrN2O5. The van der Waals surface area contributed by atoms with E-state index in [0.717, 1.165) is 31.6 Å². The van der Waals surface area contributed by atoms with E-state index in [9.17, 15) is 19.2 Å². The van der Waals surface area contributed by atoms with E-state index >= 15 is 0 Å². The van der Waals surface area contributed by atoms with Crippen LogP contribution in [0.2, 0.25) is 0 Å². The van der Waals surface area contributed by atoms with Crippen LogP contribution in [0.3, 0.4) is 0 Å². The zero-order chi connectivity index (χ0) is 28.2. The molecule has 4 aliphatic rings. The Hall–Kier alpha value is -4.56. The second-order valence-corrected chi connectivity index (χ2v) is 11.3. The highest BCUT2D eigenvalue weighted by Gasteiger charge is 2.62. The summed E-state index contributed by atoms with van der Waals surface area (Å²) in [4.78, 5) is 55.0. The van der Waals surface area contributed by atoms with Crippen molar-refractivity contribution >= 4 is 51.0 Å². The molecule has 202 valence electrons. The largest absolute Gasteiger partial charge is 0.452 e. The Kier molecular flexibility index (Phi) is 6.08. The second-order valence-electron chi connectivity index (χ2n) is 10.4.